The van der Waals surface area contributed by atoms with E-state index in [1.165, 1.54) is 25.7 Å². The lowest BCUT2D eigenvalue weighted by Gasteiger charge is -2.59. The van der Waals surface area contributed by atoms with Gasteiger partial charge in [-0.3, -0.25) is 4.79 Å². The van der Waals surface area contributed by atoms with Crippen molar-refractivity contribution in [1.29, 1.82) is 0 Å². The van der Waals surface area contributed by atoms with Crippen LogP contribution in [0.5, 0.6) is 0 Å². The number of hydrogen-bond acceptors (Lipinski definition) is 2. The van der Waals surface area contributed by atoms with Crippen LogP contribution >= 0.6 is 0 Å². The fourth-order valence-corrected chi connectivity index (χ4v) is 5.65. The first-order valence-corrected chi connectivity index (χ1v) is 7.50. The second-order valence-corrected chi connectivity index (χ2v) is 7.98. The minimum atomic E-state index is -0.171. The van der Waals surface area contributed by atoms with Crippen molar-refractivity contribution in [3.63, 3.8) is 0 Å². The average molecular weight is 250 g/mol. The highest BCUT2D eigenvalue weighted by molar-refractivity contribution is 5.73. The molecule has 1 heterocycles. The first-order valence-electron chi connectivity index (χ1n) is 7.50. The first-order chi connectivity index (χ1) is 8.28. The van der Waals surface area contributed by atoms with Gasteiger partial charge in [-0.1, -0.05) is 27.2 Å². The Labute approximate surface area is 110 Å². The van der Waals surface area contributed by atoms with E-state index >= 15 is 0 Å². The molecule has 0 N–H and O–H groups in total. The zero-order chi connectivity index (χ0) is 13.2. The van der Waals surface area contributed by atoms with Gasteiger partial charge in [0.25, 0.3) is 0 Å². The summed E-state index contributed by atoms with van der Waals surface area (Å²) in [5.74, 6) is 1.23. The van der Waals surface area contributed by atoms with Crippen LogP contribution in [0.15, 0.2) is 0 Å². The Morgan fingerprint density at radius 2 is 1.78 bits per heavy atom. The maximum atomic E-state index is 11.8. The van der Waals surface area contributed by atoms with Gasteiger partial charge in [-0.05, 0) is 49.4 Å². The number of ether oxygens (including phenoxy) is 1. The molecule has 2 heteroatoms. The molecule has 2 unspecified atom stereocenters. The van der Waals surface area contributed by atoms with E-state index in [-0.39, 0.29) is 11.6 Å². The minimum absolute atomic E-state index is 0.0350. The molecule has 2 aliphatic carbocycles. The van der Waals surface area contributed by atoms with E-state index in [0.717, 1.165) is 12.3 Å². The predicted octanol–water partition coefficient (Wildman–Crippen LogP) is 3.93. The summed E-state index contributed by atoms with van der Waals surface area (Å²) in [5, 5.41) is 0. The van der Waals surface area contributed by atoms with Crippen LogP contribution in [0, 0.1) is 22.7 Å². The van der Waals surface area contributed by atoms with Gasteiger partial charge in [0.15, 0.2) is 0 Å². The van der Waals surface area contributed by atoms with Gasteiger partial charge < -0.3 is 4.74 Å². The van der Waals surface area contributed by atoms with E-state index in [1.807, 2.05) is 0 Å². The third kappa shape index (κ3) is 1.50. The summed E-state index contributed by atoms with van der Waals surface area (Å²) < 4.78 is 5.70. The smallest absolute Gasteiger partial charge is 0.306 e. The summed E-state index contributed by atoms with van der Waals surface area (Å²) in [6, 6.07) is 0. The standard InChI is InChI=1S/C16H26O2/c1-14(2)7-5-8-15(3)11(14)6-9-16(4)12(15)10-13(17)18-16/h11-12H,5-10H2,1-4H3/t11?,12-,15?,16-/m1/s1. The van der Waals surface area contributed by atoms with Crippen molar-refractivity contribution in [2.45, 2.75) is 71.8 Å². The Kier molecular flexibility index (Phi) is 2.44. The van der Waals surface area contributed by atoms with E-state index < -0.39 is 0 Å². The number of hydrogen-bond donors (Lipinski definition) is 0. The first kappa shape index (κ1) is 12.5. The fourth-order valence-electron chi connectivity index (χ4n) is 5.65. The van der Waals surface area contributed by atoms with E-state index in [4.69, 9.17) is 4.74 Å². The van der Waals surface area contributed by atoms with Crippen molar-refractivity contribution in [3.8, 4) is 0 Å². The summed E-state index contributed by atoms with van der Waals surface area (Å²) in [7, 11) is 0. The third-order valence-electron chi connectivity index (χ3n) is 6.46. The summed E-state index contributed by atoms with van der Waals surface area (Å²) >= 11 is 0. The molecule has 102 valence electrons. The van der Waals surface area contributed by atoms with Crippen LogP contribution < -0.4 is 0 Å². The van der Waals surface area contributed by atoms with Crippen molar-refractivity contribution in [1.82, 2.24) is 0 Å². The molecule has 1 aliphatic heterocycles. The van der Waals surface area contributed by atoms with Gasteiger partial charge in [0, 0.05) is 5.92 Å². The predicted molar refractivity (Wildman–Crippen MR) is 71.1 cm³/mol. The summed E-state index contributed by atoms with van der Waals surface area (Å²) in [6.45, 7) is 9.46. The van der Waals surface area contributed by atoms with Gasteiger partial charge in [-0.25, -0.2) is 0 Å². The number of carbonyl (C=O) groups is 1. The second-order valence-electron chi connectivity index (χ2n) is 7.98. The lowest BCUT2D eigenvalue weighted by Crippen LogP contribution is -2.55. The zero-order valence-corrected chi connectivity index (χ0v) is 12.2. The summed E-state index contributed by atoms with van der Waals surface area (Å²) in [5.41, 5.74) is 0.566. The van der Waals surface area contributed by atoms with Crippen molar-refractivity contribution >= 4 is 5.97 Å². The third-order valence-corrected chi connectivity index (χ3v) is 6.46. The van der Waals surface area contributed by atoms with Gasteiger partial charge in [-0.15, -0.1) is 0 Å². The molecule has 3 fully saturated rings. The zero-order valence-electron chi connectivity index (χ0n) is 12.2. The SMILES string of the molecule is CC1(C)CCCC2(C)C1CC[C@@]1(C)OC(=O)C[C@H]21. The Balaban J connectivity index is 2.00. The molecule has 0 spiro atoms. The fraction of sp³-hybridized carbons (Fsp3) is 0.938. The van der Waals surface area contributed by atoms with Crippen molar-refractivity contribution in [2.75, 3.05) is 0 Å². The van der Waals surface area contributed by atoms with E-state index in [1.54, 1.807) is 0 Å². The largest absolute Gasteiger partial charge is 0.459 e. The molecule has 0 bridgehead atoms. The van der Waals surface area contributed by atoms with Crippen LogP contribution in [-0.2, 0) is 9.53 Å². The van der Waals surface area contributed by atoms with Gasteiger partial charge in [0.1, 0.15) is 5.60 Å². The number of rotatable bonds is 0. The van der Waals surface area contributed by atoms with Gasteiger partial charge in [0.05, 0.1) is 6.42 Å². The Bertz CT molecular complexity index is 387. The topological polar surface area (TPSA) is 26.3 Å². The molecule has 3 aliphatic rings. The van der Waals surface area contributed by atoms with Crippen LogP contribution in [-0.4, -0.2) is 11.6 Å². The lowest BCUT2D eigenvalue weighted by atomic mass is 9.45. The van der Waals surface area contributed by atoms with Crippen molar-refractivity contribution < 1.29 is 9.53 Å². The number of fused-ring (bicyclic) bond motifs is 3. The average Bonchev–Trinajstić information content (AvgIpc) is 2.53. The molecule has 2 saturated carbocycles. The van der Waals surface area contributed by atoms with Crippen LogP contribution in [0.3, 0.4) is 0 Å². The van der Waals surface area contributed by atoms with Crippen LogP contribution in [0.4, 0.5) is 0 Å². The minimum Gasteiger partial charge on any atom is -0.459 e. The van der Waals surface area contributed by atoms with Crippen LogP contribution in [0.2, 0.25) is 0 Å². The molecule has 18 heavy (non-hydrogen) atoms. The van der Waals surface area contributed by atoms with Gasteiger partial charge in [0.2, 0.25) is 0 Å². The van der Waals surface area contributed by atoms with Crippen molar-refractivity contribution in [2.24, 2.45) is 22.7 Å². The van der Waals surface area contributed by atoms with E-state index in [0.29, 0.717) is 23.2 Å². The maximum Gasteiger partial charge on any atom is 0.306 e. The summed E-state index contributed by atoms with van der Waals surface area (Å²) in [6.07, 6.45) is 6.86. The number of carbonyl (C=O) groups excluding carboxylic acids is 1. The van der Waals surface area contributed by atoms with Crippen LogP contribution in [0.1, 0.15) is 66.2 Å². The molecule has 3 rings (SSSR count). The Hall–Kier alpha value is -0.530. The molecule has 1 saturated heterocycles. The molecule has 0 aromatic heterocycles. The highest BCUT2D eigenvalue weighted by atomic mass is 16.6. The van der Waals surface area contributed by atoms with Crippen molar-refractivity contribution in [3.05, 3.63) is 0 Å². The molecule has 4 atom stereocenters. The molecular formula is C16H26O2. The molecule has 0 radical (unpaired) electrons. The lowest BCUT2D eigenvalue weighted by molar-refractivity contribution is -0.164. The Morgan fingerprint density at radius 3 is 2.50 bits per heavy atom. The Morgan fingerprint density at radius 1 is 1.06 bits per heavy atom. The molecule has 0 amide bonds. The monoisotopic (exact) mass is 250 g/mol. The van der Waals surface area contributed by atoms with E-state index in [9.17, 15) is 4.79 Å². The normalized spacial score (nSPS) is 50.3. The highest BCUT2D eigenvalue weighted by Gasteiger charge is 2.62. The molecular weight excluding hydrogens is 224 g/mol. The summed E-state index contributed by atoms with van der Waals surface area (Å²) in [4.78, 5) is 11.8. The molecule has 0 aromatic rings. The second kappa shape index (κ2) is 3.52. The molecule has 0 aromatic carbocycles. The molecule has 2 nitrogen and oxygen atoms in total. The van der Waals surface area contributed by atoms with Gasteiger partial charge in [-0.2, -0.15) is 0 Å². The number of esters is 1. The quantitative estimate of drug-likeness (QED) is 0.609. The van der Waals surface area contributed by atoms with Gasteiger partial charge >= 0.3 is 5.97 Å². The van der Waals surface area contributed by atoms with Crippen LogP contribution in [0.25, 0.3) is 0 Å². The highest BCUT2D eigenvalue weighted by Crippen LogP contribution is 2.64. The maximum absolute atomic E-state index is 11.8. The van der Waals surface area contributed by atoms with E-state index in [2.05, 4.69) is 27.7 Å².